The smallest absolute Gasteiger partial charge is 0.255 e. The van der Waals surface area contributed by atoms with E-state index in [1.807, 2.05) is 0 Å². The molecule has 1 aliphatic carbocycles. The van der Waals surface area contributed by atoms with Crippen molar-refractivity contribution in [3.63, 3.8) is 0 Å². The van der Waals surface area contributed by atoms with E-state index in [2.05, 4.69) is 11.4 Å². The van der Waals surface area contributed by atoms with Gasteiger partial charge in [0.05, 0.1) is 11.6 Å². The van der Waals surface area contributed by atoms with Crippen LogP contribution in [0, 0.1) is 23.0 Å². The molecule has 1 fully saturated rings. The lowest BCUT2D eigenvalue weighted by molar-refractivity contribution is 0.0897. The van der Waals surface area contributed by atoms with Crippen molar-refractivity contribution in [2.75, 3.05) is 0 Å². The van der Waals surface area contributed by atoms with E-state index < -0.39 is 23.1 Å². The normalized spacial score (nSPS) is 17.5. The van der Waals surface area contributed by atoms with Crippen molar-refractivity contribution in [1.29, 1.82) is 5.26 Å². The highest BCUT2D eigenvalue weighted by Gasteiger charge is 2.34. The van der Waals surface area contributed by atoms with Crippen LogP contribution in [0.3, 0.4) is 0 Å². The molecule has 1 N–H and O–H groups in total. The molecule has 0 aromatic heterocycles. The first-order valence-corrected chi connectivity index (χ1v) is 6.26. The van der Waals surface area contributed by atoms with E-state index in [0.717, 1.165) is 25.3 Å². The molecule has 0 saturated heterocycles. The summed E-state index contributed by atoms with van der Waals surface area (Å²) < 4.78 is 26.6. The lowest BCUT2D eigenvalue weighted by Gasteiger charge is -2.31. The molecule has 0 aliphatic heterocycles. The molecule has 2 rings (SSSR count). The van der Waals surface area contributed by atoms with Crippen molar-refractivity contribution in [1.82, 2.24) is 5.32 Å². The Morgan fingerprint density at radius 3 is 2.58 bits per heavy atom. The molecule has 100 valence electrons. The molecular formula is C14H14F2N2O. The third-order valence-electron chi connectivity index (χ3n) is 3.47. The van der Waals surface area contributed by atoms with Gasteiger partial charge >= 0.3 is 0 Å². The number of amides is 1. The van der Waals surface area contributed by atoms with Crippen molar-refractivity contribution in [2.45, 2.75) is 37.6 Å². The minimum absolute atomic E-state index is 0.361. The Balaban J connectivity index is 2.21. The molecular weight excluding hydrogens is 250 g/mol. The molecule has 1 amide bonds. The molecule has 0 bridgehead atoms. The van der Waals surface area contributed by atoms with Gasteiger partial charge in [0.25, 0.3) is 5.91 Å². The van der Waals surface area contributed by atoms with Gasteiger partial charge in [-0.05, 0) is 25.0 Å². The van der Waals surface area contributed by atoms with Crippen molar-refractivity contribution < 1.29 is 13.6 Å². The molecule has 0 heterocycles. The Hall–Kier alpha value is -1.96. The molecule has 1 saturated carbocycles. The zero-order valence-electron chi connectivity index (χ0n) is 10.4. The Morgan fingerprint density at radius 1 is 1.26 bits per heavy atom. The maximum absolute atomic E-state index is 13.5. The Labute approximate surface area is 110 Å². The number of rotatable bonds is 2. The van der Waals surface area contributed by atoms with Gasteiger partial charge in [0.15, 0.2) is 11.6 Å². The zero-order chi connectivity index (χ0) is 13.9. The van der Waals surface area contributed by atoms with Gasteiger partial charge in [0, 0.05) is 0 Å². The van der Waals surface area contributed by atoms with E-state index in [1.54, 1.807) is 0 Å². The summed E-state index contributed by atoms with van der Waals surface area (Å²) in [6, 6.07) is 5.54. The van der Waals surface area contributed by atoms with Crippen LogP contribution in [-0.2, 0) is 0 Å². The van der Waals surface area contributed by atoms with Gasteiger partial charge in [-0.1, -0.05) is 25.3 Å². The molecule has 1 aliphatic rings. The van der Waals surface area contributed by atoms with Gasteiger partial charge in [0.1, 0.15) is 5.54 Å². The first kappa shape index (κ1) is 13.5. The molecule has 5 heteroatoms. The zero-order valence-corrected chi connectivity index (χ0v) is 10.4. The second-order valence-corrected chi connectivity index (χ2v) is 4.81. The molecule has 3 nitrogen and oxygen atoms in total. The van der Waals surface area contributed by atoms with Crippen LogP contribution in [0.25, 0.3) is 0 Å². The van der Waals surface area contributed by atoms with Gasteiger partial charge in [-0.25, -0.2) is 8.78 Å². The van der Waals surface area contributed by atoms with E-state index in [4.69, 9.17) is 0 Å². The topological polar surface area (TPSA) is 52.9 Å². The van der Waals surface area contributed by atoms with E-state index in [1.165, 1.54) is 12.1 Å². The van der Waals surface area contributed by atoms with Gasteiger partial charge in [-0.3, -0.25) is 4.79 Å². The maximum Gasteiger partial charge on any atom is 0.255 e. The SMILES string of the molecule is N#CC1(NC(=O)c2cccc(F)c2F)CCCCC1. The second-order valence-electron chi connectivity index (χ2n) is 4.81. The highest BCUT2D eigenvalue weighted by atomic mass is 19.2. The summed E-state index contributed by atoms with van der Waals surface area (Å²) in [5.41, 5.74) is -1.31. The number of benzene rings is 1. The number of nitrogens with one attached hydrogen (secondary N) is 1. The van der Waals surface area contributed by atoms with Crippen molar-refractivity contribution in [2.24, 2.45) is 0 Å². The molecule has 0 spiro atoms. The predicted molar refractivity (Wildman–Crippen MR) is 65.3 cm³/mol. The number of nitrogens with zero attached hydrogens (tertiary/aromatic N) is 1. The second kappa shape index (κ2) is 5.35. The largest absolute Gasteiger partial charge is 0.334 e. The number of carbonyl (C=O) groups is 1. The minimum atomic E-state index is -1.18. The Bertz CT molecular complexity index is 531. The number of hydrogen-bond acceptors (Lipinski definition) is 2. The van der Waals surface area contributed by atoms with E-state index in [0.29, 0.717) is 12.8 Å². The van der Waals surface area contributed by atoms with Crippen LogP contribution in [0.4, 0.5) is 8.78 Å². The van der Waals surface area contributed by atoms with Crippen molar-refractivity contribution in [3.05, 3.63) is 35.4 Å². The van der Waals surface area contributed by atoms with Crippen molar-refractivity contribution >= 4 is 5.91 Å². The third kappa shape index (κ3) is 2.73. The molecule has 19 heavy (non-hydrogen) atoms. The van der Waals surface area contributed by atoms with Gasteiger partial charge < -0.3 is 5.32 Å². The monoisotopic (exact) mass is 264 g/mol. The van der Waals surface area contributed by atoms with E-state index >= 15 is 0 Å². The fourth-order valence-electron chi connectivity index (χ4n) is 2.38. The lowest BCUT2D eigenvalue weighted by Crippen LogP contribution is -2.48. The third-order valence-corrected chi connectivity index (χ3v) is 3.47. The Kier molecular flexibility index (Phi) is 3.79. The number of carbonyl (C=O) groups excluding carboxylic acids is 1. The molecule has 0 atom stereocenters. The van der Waals surface area contributed by atoms with Crippen molar-refractivity contribution in [3.8, 4) is 6.07 Å². The van der Waals surface area contributed by atoms with E-state index in [9.17, 15) is 18.8 Å². The fraction of sp³-hybridized carbons (Fsp3) is 0.429. The van der Waals surface area contributed by atoms with E-state index in [-0.39, 0.29) is 5.56 Å². The number of hydrogen-bond donors (Lipinski definition) is 1. The van der Waals surface area contributed by atoms with Crippen LogP contribution in [0.15, 0.2) is 18.2 Å². The predicted octanol–water partition coefficient (Wildman–Crippen LogP) is 2.92. The van der Waals surface area contributed by atoms with Crippen LogP contribution in [0.1, 0.15) is 42.5 Å². The highest BCUT2D eigenvalue weighted by Crippen LogP contribution is 2.28. The van der Waals surface area contributed by atoms with Crippen LogP contribution in [0.2, 0.25) is 0 Å². The van der Waals surface area contributed by atoms with Crippen LogP contribution < -0.4 is 5.32 Å². The first-order chi connectivity index (χ1) is 9.08. The summed E-state index contributed by atoms with van der Waals surface area (Å²) in [4.78, 5) is 12.0. The van der Waals surface area contributed by atoms with Crippen LogP contribution in [0.5, 0.6) is 0 Å². The quantitative estimate of drug-likeness (QED) is 0.892. The number of nitriles is 1. The lowest BCUT2D eigenvalue weighted by atomic mass is 9.82. The molecule has 1 aromatic carbocycles. The first-order valence-electron chi connectivity index (χ1n) is 6.26. The maximum atomic E-state index is 13.5. The standard InChI is InChI=1S/C14H14F2N2O/c15-11-6-4-5-10(12(11)16)13(19)18-14(9-17)7-2-1-3-8-14/h4-6H,1-3,7-8H2,(H,18,19). The fourth-order valence-corrected chi connectivity index (χ4v) is 2.38. The minimum Gasteiger partial charge on any atom is -0.334 e. The highest BCUT2D eigenvalue weighted by molar-refractivity contribution is 5.95. The molecule has 0 radical (unpaired) electrons. The summed E-state index contributed by atoms with van der Waals surface area (Å²) in [6.45, 7) is 0. The summed E-state index contributed by atoms with van der Waals surface area (Å²) in [5.74, 6) is -2.98. The number of halogens is 2. The summed E-state index contributed by atoms with van der Waals surface area (Å²) in [5, 5.41) is 11.8. The van der Waals surface area contributed by atoms with Gasteiger partial charge in [-0.2, -0.15) is 5.26 Å². The summed E-state index contributed by atoms with van der Waals surface area (Å²) in [7, 11) is 0. The summed E-state index contributed by atoms with van der Waals surface area (Å²) in [6.07, 6.45) is 3.81. The van der Waals surface area contributed by atoms with Gasteiger partial charge in [0.2, 0.25) is 0 Å². The van der Waals surface area contributed by atoms with Crippen LogP contribution >= 0.6 is 0 Å². The average Bonchev–Trinajstić information content (AvgIpc) is 2.42. The Morgan fingerprint density at radius 2 is 1.95 bits per heavy atom. The molecule has 1 aromatic rings. The molecule has 0 unspecified atom stereocenters. The average molecular weight is 264 g/mol. The summed E-state index contributed by atoms with van der Waals surface area (Å²) >= 11 is 0. The van der Waals surface area contributed by atoms with Crippen LogP contribution in [-0.4, -0.2) is 11.4 Å². The van der Waals surface area contributed by atoms with Gasteiger partial charge in [-0.15, -0.1) is 0 Å².